The Morgan fingerprint density at radius 3 is 2.54 bits per heavy atom. The first kappa shape index (κ1) is 19.7. The molecule has 0 saturated heterocycles. The van der Waals surface area contributed by atoms with Crippen molar-refractivity contribution in [1.29, 1.82) is 0 Å². The Morgan fingerprint density at radius 1 is 1.23 bits per heavy atom. The van der Waals surface area contributed by atoms with Gasteiger partial charge in [-0.3, -0.25) is 9.10 Å². The van der Waals surface area contributed by atoms with Crippen molar-refractivity contribution < 1.29 is 22.3 Å². The molecule has 2 aromatic rings. The molecular formula is C18H21FN2O4S. The number of methoxy groups -OCH3 is 1. The highest BCUT2D eigenvalue weighted by molar-refractivity contribution is 7.92. The molecule has 0 aliphatic rings. The second-order valence-electron chi connectivity index (χ2n) is 5.78. The van der Waals surface area contributed by atoms with Crippen molar-refractivity contribution in [2.75, 3.05) is 24.2 Å². The summed E-state index contributed by atoms with van der Waals surface area (Å²) in [6.45, 7) is 1.31. The second-order valence-corrected chi connectivity index (χ2v) is 7.69. The van der Waals surface area contributed by atoms with Gasteiger partial charge >= 0.3 is 0 Å². The number of sulfonamides is 1. The number of hydrogen-bond acceptors (Lipinski definition) is 4. The van der Waals surface area contributed by atoms with Crippen LogP contribution in [0, 0.1) is 5.82 Å². The summed E-state index contributed by atoms with van der Waals surface area (Å²) < 4.78 is 43.6. The van der Waals surface area contributed by atoms with Crippen LogP contribution in [0.1, 0.15) is 18.5 Å². The van der Waals surface area contributed by atoms with Gasteiger partial charge in [-0.15, -0.1) is 0 Å². The lowest BCUT2D eigenvalue weighted by Gasteiger charge is -2.23. The molecule has 0 heterocycles. The van der Waals surface area contributed by atoms with Crippen molar-refractivity contribution in [2.24, 2.45) is 0 Å². The van der Waals surface area contributed by atoms with Crippen LogP contribution in [-0.2, 0) is 14.8 Å². The topological polar surface area (TPSA) is 75.7 Å². The molecule has 26 heavy (non-hydrogen) atoms. The zero-order valence-electron chi connectivity index (χ0n) is 14.8. The molecule has 1 atom stereocenters. The van der Waals surface area contributed by atoms with Gasteiger partial charge in [0.2, 0.25) is 15.9 Å². The predicted octanol–water partition coefficient (Wildman–Crippen LogP) is 2.48. The van der Waals surface area contributed by atoms with Crippen molar-refractivity contribution in [3.63, 3.8) is 0 Å². The molecule has 0 aromatic heterocycles. The summed E-state index contributed by atoms with van der Waals surface area (Å²) in [4.78, 5) is 12.4. The molecule has 8 heteroatoms. The maximum Gasteiger partial charge on any atom is 0.241 e. The maximum absolute atomic E-state index is 13.4. The zero-order valence-corrected chi connectivity index (χ0v) is 15.6. The predicted molar refractivity (Wildman–Crippen MR) is 98.1 cm³/mol. The molecule has 0 bridgehead atoms. The zero-order chi connectivity index (χ0) is 19.3. The number of rotatable bonds is 7. The number of amides is 1. The van der Waals surface area contributed by atoms with Crippen LogP contribution in [0.25, 0.3) is 0 Å². The monoisotopic (exact) mass is 380 g/mol. The van der Waals surface area contributed by atoms with Crippen molar-refractivity contribution in [3.05, 3.63) is 59.9 Å². The van der Waals surface area contributed by atoms with Crippen LogP contribution >= 0.6 is 0 Å². The number of ether oxygens (including phenoxy) is 1. The van der Waals surface area contributed by atoms with E-state index in [1.807, 2.05) is 18.2 Å². The van der Waals surface area contributed by atoms with E-state index in [0.717, 1.165) is 22.2 Å². The molecule has 0 unspecified atom stereocenters. The minimum absolute atomic E-state index is 0.0904. The van der Waals surface area contributed by atoms with Gasteiger partial charge < -0.3 is 10.1 Å². The van der Waals surface area contributed by atoms with Crippen molar-refractivity contribution in [3.8, 4) is 5.75 Å². The van der Waals surface area contributed by atoms with Gasteiger partial charge in [0.05, 0.1) is 25.1 Å². The van der Waals surface area contributed by atoms with E-state index >= 15 is 0 Å². The third-order valence-corrected chi connectivity index (χ3v) is 4.91. The fourth-order valence-electron chi connectivity index (χ4n) is 2.55. The van der Waals surface area contributed by atoms with Gasteiger partial charge in [0, 0.05) is 5.56 Å². The molecule has 1 amide bonds. The molecule has 2 aromatic carbocycles. The Kier molecular flexibility index (Phi) is 6.20. The van der Waals surface area contributed by atoms with E-state index in [1.165, 1.54) is 25.3 Å². The number of nitrogens with zero attached hydrogens (tertiary/aromatic N) is 1. The minimum Gasteiger partial charge on any atom is -0.496 e. The van der Waals surface area contributed by atoms with Crippen molar-refractivity contribution in [1.82, 2.24) is 5.32 Å². The van der Waals surface area contributed by atoms with Gasteiger partial charge in [0.1, 0.15) is 18.1 Å². The number of halogens is 1. The van der Waals surface area contributed by atoms with Crippen molar-refractivity contribution in [2.45, 2.75) is 13.0 Å². The molecule has 0 radical (unpaired) electrons. The number of nitrogens with one attached hydrogen (secondary N) is 1. The van der Waals surface area contributed by atoms with Gasteiger partial charge in [-0.25, -0.2) is 12.8 Å². The number of benzene rings is 2. The molecular weight excluding hydrogens is 359 g/mol. The molecule has 140 valence electrons. The van der Waals surface area contributed by atoms with E-state index < -0.39 is 34.3 Å². The van der Waals surface area contributed by atoms with E-state index in [-0.39, 0.29) is 5.69 Å². The largest absolute Gasteiger partial charge is 0.496 e. The van der Waals surface area contributed by atoms with Gasteiger partial charge in [0.25, 0.3) is 0 Å². The summed E-state index contributed by atoms with van der Waals surface area (Å²) in [5, 5.41) is 2.74. The van der Waals surface area contributed by atoms with E-state index in [9.17, 15) is 17.6 Å². The standard InChI is InChI=1S/C18H21FN2O4S/c1-13(16-9-4-5-10-17(16)25-2)20-18(22)12-21(26(3,23)24)15-8-6-7-14(19)11-15/h4-11,13H,12H2,1-3H3,(H,20,22)/t13-/m1/s1. The number of anilines is 1. The Labute approximate surface area is 152 Å². The Hall–Kier alpha value is -2.61. The Balaban J connectivity index is 2.17. The van der Waals surface area contributed by atoms with E-state index in [1.54, 1.807) is 13.0 Å². The molecule has 0 spiro atoms. The number of hydrogen-bond donors (Lipinski definition) is 1. The second kappa shape index (κ2) is 8.18. The fraction of sp³-hybridized carbons (Fsp3) is 0.278. The Morgan fingerprint density at radius 2 is 1.92 bits per heavy atom. The summed E-state index contributed by atoms with van der Waals surface area (Å²) in [5.41, 5.74) is 0.854. The Bertz CT molecular complexity index is 886. The first-order chi connectivity index (χ1) is 12.2. The van der Waals surface area contributed by atoms with Crippen LogP contribution in [0.15, 0.2) is 48.5 Å². The third-order valence-electron chi connectivity index (χ3n) is 3.77. The highest BCUT2D eigenvalue weighted by Crippen LogP contribution is 2.24. The lowest BCUT2D eigenvalue weighted by molar-refractivity contribution is -0.120. The lowest BCUT2D eigenvalue weighted by Crippen LogP contribution is -2.41. The molecule has 0 aliphatic heterocycles. The molecule has 1 N–H and O–H groups in total. The van der Waals surface area contributed by atoms with E-state index in [0.29, 0.717) is 5.75 Å². The maximum atomic E-state index is 13.4. The van der Waals surface area contributed by atoms with Gasteiger partial charge in [-0.1, -0.05) is 24.3 Å². The highest BCUT2D eigenvalue weighted by atomic mass is 32.2. The highest BCUT2D eigenvalue weighted by Gasteiger charge is 2.22. The van der Waals surface area contributed by atoms with Crippen LogP contribution in [0.5, 0.6) is 5.75 Å². The summed E-state index contributed by atoms with van der Waals surface area (Å²) in [5.74, 6) is -0.484. The van der Waals surface area contributed by atoms with Crippen LogP contribution in [0.2, 0.25) is 0 Å². The first-order valence-corrected chi connectivity index (χ1v) is 9.72. The fourth-order valence-corrected chi connectivity index (χ4v) is 3.40. The number of para-hydroxylation sites is 1. The third kappa shape index (κ3) is 4.95. The molecule has 0 aliphatic carbocycles. The van der Waals surface area contributed by atoms with Gasteiger partial charge in [-0.05, 0) is 31.2 Å². The SMILES string of the molecule is COc1ccccc1[C@@H](C)NC(=O)CN(c1cccc(F)c1)S(C)(=O)=O. The summed E-state index contributed by atoms with van der Waals surface area (Å²) >= 11 is 0. The summed E-state index contributed by atoms with van der Waals surface area (Å²) in [6.07, 6.45) is 0.967. The molecule has 0 saturated carbocycles. The van der Waals surface area contributed by atoms with Crippen LogP contribution in [0.3, 0.4) is 0 Å². The van der Waals surface area contributed by atoms with Gasteiger partial charge in [-0.2, -0.15) is 0 Å². The van der Waals surface area contributed by atoms with Crippen LogP contribution in [-0.4, -0.2) is 34.2 Å². The number of carbonyl (C=O) groups is 1. The lowest BCUT2D eigenvalue weighted by atomic mass is 10.1. The van der Waals surface area contributed by atoms with E-state index in [2.05, 4.69) is 5.32 Å². The summed E-state index contributed by atoms with van der Waals surface area (Å²) in [6, 6.07) is 11.9. The summed E-state index contributed by atoms with van der Waals surface area (Å²) in [7, 11) is -2.23. The van der Waals surface area contributed by atoms with Crippen molar-refractivity contribution >= 4 is 21.6 Å². The van der Waals surface area contributed by atoms with Crippen LogP contribution in [0.4, 0.5) is 10.1 Å². The van der Waals surface area contributed by atoms with E-state index in [4.69, 9.17) is 4.74 Å². The van der Waals surface area contributed by atoms with Gasteiger partial charge in [0.15, 0.2) is 0 Å². The average Bonchev–Trinajstić information content (AvgIpc) is 2.58. The average molecular weight is 380 g/mol. The smallest absolute Gasteiger partial charge is 0.241 e. The van der Waals surface area contributed by atoms with Crippen LogP contribution < -0.4 is 14.4 Å². The quantitative estimate of drug-likeness (QED) is 0.801. The first-order valence-electron chi connectivity index (χ1n) is 7.88. The molecule has 0 fully saturated rings. The minimum atomic E-state index is -3.76. The number of carbonyl (C=O) groups excluding carboxylic acids is 1. The molecule has 2 rings (SSSR count). The normalized spacial score (nSPS) is 12.3. The molecule has 6 nitrogen and oxygen atoms in total.